The van der Waals surface area contributed by atoms with Crippen molar-refractivity contribution < 1.29 is 18.8 Å². The smallest absolute Gasteiger partial charge is 0.233 e. The highest BCUT2D eigenvalue weighted by Crippen LogP contribution is 2.45. The Kier molecular flexibility index (Phi) is 4.80. The molecule has 0 aromatic carbocycles. The standard InChI is InChI=1S/C19H21N5O4S/c1-10-4-12(28-23-10)6-18(25)20-17-7-15(21-22-17)16-5-13(8-26-16)27-19-14(9-29-24-19)11-2-3-11/h4,7,9,11,13,16H,2-3,5-6,8H2,1H3,(H2,20,21,22,25)/t13-,16-/m0/s1. The van der Waals surface area contributed by atoms with Crippen LogP contribution in [0.3, 0.4) is 0 Å². The first-order valence-electron chi connectivity index (χ1n) is 9.64. The molecule has 152 valence electrons. The second kappa shape index (κ2) is 7.60. The first kappa shape index (κ1) is 18.3. The number of anilines is 1. The van der Waals surface area contributed by atoms with E-state index in [0.29, 0.717) is 30.5 Å². The maximum Gasteiger partial charge on any atom is 0.233 e. The number of aromatic nitrogens is 4. The number of hydrogen-bond acceptors (Lipinski definition) is 8. The van der Waals surface area contributed by atoms with E-state index in [1.807, 2.05) is 6.92 Å². The highest BCUT2D eigenvalue weighted by molar-refractivity contribution is 7.03. The van der Waals surface area contributed by atoms with Crippen molar-refractivity contribution in [3.63, 3.8) is 0 Å². The largest absolute Gasteiger partial charge is 0.471 e. The molecule has 2 aliphatic rings. The van der Waals surface area contributed by atoms with Gasteiger partial charge < -0.3 is 19.3 Å². The summed E-state index contributed by atoms with van der Waals surface area (Å²) < 4.78 is 21.4. The van der Waals surface area contributed by atoms with Gasteiger partial charge in [-0.15, -0.1) is 0 Å². The molecule has 2 N–H and O–H groups in total. The third kappa shape index (κ3) is 4.18. The lowest BCUT2D eigenvalue weighted by Gasteiger charge is -2.11. The molecule has 1 saturated carbocycles. The Morgan fingerprint density at radius 1 is 1.41 bits per heavy atom. The molecule has 1 aliphatic carbocycles. The first-order chi connectivity index (χ1) is 14.1. The average molecular weight is 415 g/mol. The second-order valence-electron chi connectivity index (χ2n) is 7.51. The third-order valence-electron chi connectivity index (χ3n) is 5.04. The average Bonchev–Trinajstić information content (AvgIpc) is 3.11. The van der Waals surface area contributed by atoms with Gasteiger partial charge in [0.2, 0.25) is 11.8 Å². The molecule has 4 heterocycles. The van der Waals surface area contributed by atoms with Gasteiger partial charge in [0.1, 0.15) is 18.0 Å². The molecule has 2 atom stereocenters. The van der Waals surface area contributed by atoms with E-state index in [4.69, 9.17) is 14.0 Å². The van der Waals surface area contributed by atoms with Gasteiger partial charge in [0.25, 0.3) is 0 Å². The highest BCUT2D eigenvalue weighted by Gasteiger charge is 2.33. The summed E-state index contributed by atoms with van der Waals surface area (Å²) in [5.41, 5.74) is 2.78. The maximum absolute atomic E-state index is 12.1. The molecule has 10 heteroatoms. The molecular formula is C19H21N5O4S. The summed E-state index contributed by atoms with van der Waals surface area (Å²) in [6, 6.07) is 3.52. The molecular weight excluding hydrogens is 394 g/mol. The van der Waals surface area contributed by atoms with Crippen LogP contribution in [0, 0.1) is 6.92 Å². The van der Waals surface area contributed by atoms with Crippen LogP contribution in [-0.4, -0.2) is 38.3 Å². The zero-order valence-corrected chi connectivity index (χ0v) is 16.7. The summed E-state index contributed by atoms with van der Waals surface area (Å²) in [7, 11) is 0. The third-order valence-corrected chi connectivity index (χ3v) is 5.67. The Bertz CT molecular complexity index is 1010. The van der Waals surface area contributed by atoms with Gasteiger partial charge in [-0.2, -0.15) is 9.47 Å². The van der Waals surface area contributed by atoms with Gasteiger partial charge >= 0.3 is 0 Å². The maximum atomic E-state index is 12.1. The fraction of sp³-hybridized carbons (Fsp3) is 0.474. The number of H-pyrrole nitrogens is 1. The number of carbonyl (C=O) groups excluding carboxylic acids is 1. The van der Waals surface area contributed by atoms with Crippen molar-refractivity contribution in [2.45, 2.75) is 50.7 Å². The van der Waals surface area contributed by atoms with E-state index in [1.165, 1.54) is 29.9 Å². The van der Waals surface area contributed by atoms with Gasteiger partial charge in [0, 0.05) is 29.5 Å². The minimum Gasteiger partial charge on any atom is -0.471 e. The van der Waals surface area contributed by atoms with Crippen LogP contribution in [-0.2, 0) is 16.0 Å². The van der Waals surface area contributed by atoms with Gasteiger partial charge in [-0.05, 0) is 37.2 Å². The fourth-order valence-corrected chi connectivity index (χ4v) is 4.16. The Balaban J connectivity index is 1.15. The molecule has 3 aromatic heterocycles. The van der Waals surface area contributed by atoms with E-state index >= 15 is 0 Å². The van der Waals surface area contributed by atoms with Crippen LogP contribution in [0.4, 0.5) is 5.82 Å². The molecule has 2 fully saturated rings. The van der Waals surface area contributed by atoms with Crippen LogP contribution in [0.2, 0.25) is 0 Å². The zero-order valence-electron chi connectivity index (χ0n) is 15.9. The summed E-state index contributed by atoms with van der Waals surface area (Å²) in [4.78, 5) is 12.1. The normalized spacial score (nSPS) is 21.4. The lowest BCUT2D eigenvalue weighted by Crippen LogP contribution is -2.16. The zero-order chi connectivity index (χ0) is 19.8. The predicted octanol–water partition coefficient (Wildman–Crippen LogP) is 3.13. The van der Waals surface area contributed by atoms with Crippen LogP contribution in [0.15, 0.2) is 22.0 Å². The minimum atomic E-state index is -0.219. The van der Waals surface area contributed by atoms with Crippen molar-refractivity contribution in [1.29, 1.82) is 0 Å². The minimum absolute atomic E-state index is 0.0457. The van der Waals surface area contributed by atoms with Gasteiger partial charge in [-0.1, -0.05) is 5.16 Å². The number of nitrogens with one attached hydrogen (secondary N) is 2. The molecule has 5 rings (SSSR count). The number of ether oxygens (including phenoxy) is 2. The lowest BCUT2D eigenvalue weighted by atomic mass is 10.1. The van der Waals surface area contributed by atoms with E-state index in [2.05, 4.69) is 30.4 Å². The molecule has 29 heavy (non-hydrogen) atoms. The predicted molar refractivity (Wildman–Crippen MR) is 104 cm³/mol. The van der Waals surface area contributed by atoms with Crippen molar-refractivity contribution in [3.8, 4) is 5.88 Å². The second-order valence-corrected chi connectivity index (χ2v) is 8.14. The van der Waals surface area contributed by atoms with Gasteiger partial charge in [-0.3, -0.25) is 9.89 Å². The van der Waals surface area contributed by atoms with E-state index in [0.717, 1.165) is 17.3 Å². The van der Waals surface area contributed by atoms with E-state index in [9.17, 15) is 4.79 Å². The Labute approximate surface area is 170 Å². The SMILES string of the molecule is Cc1cc(CC(=O)Nc2cc([C@@H]3C[C@H](Oc4nscc4C4CC4)CO3)[nH]n2)on1. The number of nitrogens with zero attached hydrogens (tertiary/aromatic N) is 3. The summed E-state index contributed by atoms with van der Waals surface area (Å²) in [6.45, 7) is 2.31. The van der Waals surface area contributed by atoms with E-state index in [1.54, 1.807) is 12.1 Å². The van der Waals surface area contributed by atoms with E-state index in [-0.39, 0.29) is 24.5 Å². The molecule has 3 aromatic rings. The van der Waals surface area contributed by atoms with Gasteiger partial charge in [0.15, 0.2) is 5.82 Å². The summed E-state index contributed by atoms with van der Waals surface area (Å²) >= 11 is 1.44. The topological polar surface area (TPSA) is 115 Å². The van der Waals surface area contributed by atoms with Gasteiger partial charge in [0.05, 0.1) is 24.4 Å². The van der Waals surface area contributed by atoms with E-state index < -0.39 is 0 Å². The monoisotopic (exact) mass is 415 g/mol. The lowest BCUT2D eigenvalue weighted by molar-refractivity contribution is -0.115. The Morgan fingerprint density at radius 3 is 3.10 bits per heavy atom. The van der Waals surface area contributed by atoms with Crippen LogP contribution < -0.4 is 10.1 Å². The van der Waals surface area contributed by atoms with Gasteiger partial charge in [-0.25, -0.2) is 0 Å². The Hall–Kier alpha value is -2.72. The van der Waals surface area contributed by atoms with Crippen molar-refractivity contribution in [3.05, 3.63) is 40.2 Å². The quantitative estimate of drug-likeness (QED) is 0.609. The molecule has 1 amide bonds. The van der Waals surface area contributed by atoms with Crippen molar-refractivity contribution in [2.75, 3.05) is 11.9 Å². The molecule has 1 saturated heterocycles. The summed E-state index contributed by atoms with van der Waals surface area (Å²) in [6.07, 6.45) is 3.05. The molecule has 0 bridgehead atoms. The first-order valence-corrected chi connectivity index (χ1v) is 10.5. The van der Waals surface area contributed by atoms with Crippen LogP contribution in [0.1, 0.15) is 54.0 Å². The van der Waals surface area contributed by atoms with Crippen LogP contribution in [0.25, 0.3) is 0 Å². The molecule has 0 radical (unpaired) electrons. The Morgan fingerprint density at radius 2 is 2.31 bits per heavy atom. The summed E-state index contributed by atoms with van der Waals surface area (Å²) in [5, 5.41) is 15.7. The number of aromatic amines is 1. The van der Waals surface area contributed by atoms with Crippen molar-refractivity contribution >= 4 is 23.3 Å². The highest BCUT2D eigenvalue weighted by atomic mass is 32.1. The molecule has 0 unspecified atom stereocenters. The molecule has 0 spiro atoms. The summed E-state index contributed by atoms with van der Waals surface area (Å²) in [5.74, 6) is 2.12. The van der Waals surface area contributed by atoms with Crippen LogP contribution >= 0.6 is 11.5 Å². The number of aryl methyl sites for hydroxylation is 1. The fourth-order valence-electron chi connectivity index (χ4n) is 3.45. The number of amides is 1. The molecule has 9 nitrogen and oxygen atoms in total. The number of carbonyl (C=O) groups is 1. The van der Waals surface area contributed by atoms with Crippen LogP contribution in [0.5, 0.6) is 5.88 Å². The number of hydrogen-bond donors (Lipinski definition) is 2. The van der Waals surface area contributed by atoms with Crippen molar-refractivity contribution in [1.82, 2.24) is 19.7 Å². The van der Waals surface area contributed by atoms with Crippen molar-refractivity contribution in [2.24, 2.45) is 0 Å². The number of rotatable bonds is 7. The molecule has 1 aliphatic heterocycles.